The van der Waals surface area contributed by atoms with Crippen LogP contribution < -0.4 is 20.1 Å². The van der Waals surface area contributed by atoms with Crippen LogP contribution in [0.3, 0.4) is 0 Å². The molecule has 33 heavy (non-hydrogen) atoms. The number of nitrogens with one attached hydrogen (secondary N) is 3. The number of ether oxygens (including phenoxy) is 1. The number of anilines is 1. The number of benzene rings is 2. The number of hydrogen-bond donors (Lipinski definition) is 3. The van der Waals surface area contributed by atoms with Crippen LogP contribution in [0.25, 0.3) is 0 Å². The van der Waals surface area contributed by atoms with Crippen molar-refractivity contribution in [3.05, 3.63) is 77.7 Å². The standard InChI is InChI=1S/C23H25N3O6S/c1-15-6-11-20(33(29,30)26-17-7-9-18(31-3)10-8-17)13-21(15)23(28)25-16(2)22(27)24-14-19-5-4-12-32-19/h4-13,16,26H,14H2,1-3H3,(H,24,27)(H,25,28). The van der Waals surface area contributed by atoms with Gasteiger partial charge in [0.1, 0.15) is 17.6 Å². The van der Waals surface area contributed by atoms with Gasteiger partial charge in [0.2, 0.25) is 5.91 Å². The van der Waals surface area contributed by atoms with Gasteiger partial charge in [0.15, 0.2) is 0 Å². The highest BCUT2D eigenvalue weighted by Gasteiger charge is 2.21. The van der Waals surface area contributed by atoms with E-state index in [0.717, 1.165) is 0 Å². The van der Waals surface area contributed by atoms with Crippen molar-refractivity contribution in [1.82, 2.24) is 10.6 Å². The lowest BCUT2D eigenvalue weighted by Crippen LogP contribution is -2.44. The molecule has 2 aromatic carbocycles. The second-order valence-electron chi connectivity index (χ2n) is 7.30. The summed E-state index contributed by atoms with van der Waals surface area (Å²) in [6, 6.07) is 13.2. The molecule has 9 nitrogen and oxygen atoms in total. The molecule has 0 saturated heterocycles. The molecular weight excluding hydrogens is 446 g/mol. The molecule has 1 heterocycles. The molecule has 0 spiro atoms. The highest BCUT2D eigenvalue weighted by atomic mass is 32.2. The van der Waals surface area contributed by atoms with E-state index in [1.165, 1.54) is 32.4 Å². The Morgan fingerprint density at radius 2 is 1.82 bits per heavy atom. The van der Waals surface area contributed by atoms with Crippen LogP contribution in [-0.4, -0.2) is 33.4 Å². The van der Waals surface area contributed by atoms with Crippen LogP contribution in [0.1, 0.15) is 28.6 Å². The number of furan rings is 1. The molecule has 3 aromatic rings. The SMILES string of the molecule is COc1ccc(NS(=O)(=O)c2ccc(C)c(C(=O)NC(C)C(=O)NCc3ccco3)c2)cc1. The molecule has 0 aliphatic rings. The van der Waals surface area contributed by atoms with E-state index in [0.29, 0.717) is 22.8 Å². The summed E-state index contributed by atoms with van der Waals surface area (Å²) < 4.78 is 38.3. The fourth-order valence-corrected chi connectivity index (χ4v) is 4.05. The van der Waals surface area contributed by atoms with Crippen LogP contribution in [-0.2, 0) is 21.4 Å². The molecule has 3 N–H and O–H groups in total. The average Bonchev–Trinajstić information content (AvgIpc) is 3.31. The zero-order valence-corrected chi connectivity index (χ0v) is 19.2. The number of carbonyl (C=O) groups excluding carboxylic acids is 2. The molecule has 0 fully saturated rings. The van der Waals surface area contributed by atoms with Gasteiger partial charge in [-0.05, 0) is 67.9 Å². The topological polar surface area (TPSA) is 127 Å². The predicted octanol–water partition coefficient (Wildman–Crippen LogP) is 2.83. The Balaban J connectivity index is 1.70. The van der Waals surface area contributed by atoms with Crippen molar-refractivity contribution in [3.8, 4) is 5.75 Å². The number of sulfonamides is 1. The molecular formula is C23H25N3O6S. The van der Waals surface area contributed by atoms with Crippen LogP contribution in [0.5, 0.6) is 5.75 Å². The first kappa shape index (κ1) is 23.9. The van der Waals surface area contributed by atoms with Crippen LogP contribution >= 0.6 is 0 Å². The number of amides is 2. The van der Waals surface area contributed by atoms with Gasteiger partial charge in [-0.25, -0.2) is 8.42 Å². The second kappa shape index (κ2) is 10.2. The average molecular weight is 472 g/mol. The summed E-state index contributed by atoms with van der Waals surface area (Å²) >= 11 is 0. The molecule has 174 valence electrons. The quantitative estimate of drug-likeness (QED) is 0.440. The van der Waals surface area contributed by atoms with E-state index in [2.05, 4.69) is 15.4 Å². The number of methoxy groups -OCH3 is 1. The van der Waals surface area contributed by atoms with Crippen LogP contribution in [0.15, 0.2) is 70.2 Å². The van der Waals surface area contributed by atoms with Gasteiger partial charge in [0.25, 0.3) is 15.9 Å². The van der Waals surface area contributed by atoms with Gasteiger partial charge in [-0.15, -0.1) is 0 Å². The molecule has 0 saturated carbocycles. The van der Waals surface area contributed by atoms with E-state index in [1.54, 1.807) is 49.4 Å². The van der Waals surface area contributed by atoms with Gasteiger partial charge < -0.3 is 19.8 Å². The van der Waals surface area contributed by atoms with Gasteiger partial charge in [-0.1, -0.05) is 6.07 Å². The number of aryl methyl sites for hydroxylation is 1. The minimum absolute atomic E-state index is 0.0796. The molecule has 1 atom stereocenters. The minimum Gasteiger partial charge on any atom is -0.497 e. The molecule has 3 rings (SSSR count). The van der Waals surface area contributed by atoms with Crippen LogP contribution in [0, 0.1) is 6.92 Å². The Labute approximate surface area is 192 Å². The molecule has 10 heteroatoms. The van der Waals surface area contributed by atoms with Crippen LogP contribution in [0.4, 0.5) is 5.69 Å². The zero-order valence-electron chi connectivity index (χ0n) is 18.4. The fourth-order valence-electron chi connectivity index (χ4n) is 2.97. The Hall–Kier alpha value is -3.79. The van der Waals surface area contributed by atoms with Gasteiger partial charge in [-0.2, -0.15) is 0 Å². The van der Waals surface area contributed by atoms with Crippen molar-refractivity contribution >= 4 is 27.5 Å². The normalized spacial score (nSPS) is 12.0. The zero-order chi connectivity index (χ0) is 24.0. The minimum atomic E-state index is -3.94. The van der Waals surface area contributed by atoms with Gasteiger partial charge in [-0.3, -0.25) is 14.3 Å². The first-order chi connectivity index (χ1) is 15.7. The van der Waals surface area contributed by atoms with E-state index in [9.17, 15) is 18.0 Å². The third kappa shape index (κ3) is 6.13. The Morgan fingerprint density at radius 1 is 1.09 bits per heavy atom. The van der Waals surface area contributed by atoms with Crippen molar-refractivity contribution in [2.45, 2.75) is 31.3 Å². The number of carbonyl (C=O) groups is 2. The molecule has 0 radical (unpaired) electrons. The molecule has 0 bridgehead atoms. The Bertz CT molecular complexity index is 1220. The smallest absolute Gasteiger partial charge is 0.261 e. The van der Waals surface area contributed by atoms with Gasteiger partial charge in [0, 0.05) is 11.3 Å². The van der Waals surface area contributed by atoms with Crippen molar-refractivity contribution in [2.24, 2.45) is 0 Å². The highest BCUT2D eigenvalue weighted by Crippen LogP contribution is 2.21. The van der Waals surface area contributed by atoms with Crippen molar-refractivity contribution < 1.29 is 27.2 Å². The summed E-state index contributed by atoms with van der Waals surface area (Å²) in [5.41, 5.74) is 1.07. The van der Waals surface area contributed by atoms with E-state index in [-0.39, 0.29) is 17.0 Å². The summed E-state index contributed by atoms with van der Waals surface area (Å²) in [6.07, 6.45) is 1.50. The summed E-state index contributed by atoms with van der Waals surface area (Å²) in [4.78, 5) is 25.0. The summed E-state index contributed by atoms with van der Waals surface area (Å²) in [5, 5.41) is 5.26. The maximum Gasteiger partial charge on any atom is 0.261 e. The molecule has 1 aromatic heterocycles. The summed E-state index contributed by atoms with van der Waals surface area (Å²) in [6.45, 7) is 3.41. The van der Waals surface area contributed by atoms with Crippen LogP contribution in [0.2, 0.25) is 0 Å². The molecule has 1 unspecified atom stereocenters. The van der Waals surface area contributed by atoms with Crippen molar-refractivity contribution in [3.63, 3.8) is 0 Å². The highest BCUT2D eigenvalue weighted by molar-refractivity contribution is 7.92. The lowest BCUT2D eigenvalue weighted by molar-refractivity contribution is -0.122. The third-order valence-corrected chi connectivity index (χ3v) is 6.24. The predicted molar refractivity (Wildman–Crippen MR) is 122 cm³/mol. The summed E-state index contributed by atoms with van der Waals surface area (Å²) in [5.74, 6) is 0.214. The monoisotopic (exact) mass is 471 g/mol. The third-order valence-electron chi connectivity index (χ3n) is 4.86. The fraction of sp³-hybridized carbons (Fsp3) is 0.217. The molecule has 0 aliphatic carbocycles. The maximum atomic E-state index is 12.8. The number of hydrogen-bond acceptors (Lipinski definition) is 6. The Kier molecular flexibility index (Phi) is 7.39. The lowest BCUT2D eigenvalue weighted by atomic mass is 10.1. The lowest BCUT2D eigenvalue weighted by Gasteiger charge is -2.16. The van der Waals surface area contributed by atoms with Crippen molar-refractivity contribution in [2.75, 3.05) is 11.8 Å². The van der Waals surface area contributed by atoms with Gasteiger partial charge in [0.05, 0.1) is 24.8 Å². The maximum absolute atomic E-state index is 12.8. The van der Waals surface area contributed by atoms with Gasteiger partial charge >= 0.3 is 0 Å². The second-order valence-corrected chi connectivity index (χ2v) is 8.99. The summed E-state index contributed by atoms with van der Waals surface area (Å²) in [7, 11) is -2.43. The Morgan fingerprint density at radius 3 is 2.45 bits per heavy atom. The van der Waals surface area contributed by atoms with Crippen molar-refractivity contribution in [1.29, 1.82) is 0 Å². The van der Waals surface area contributed by atoms with E-state index in [1.807, 2.05) is 0 Å². The number of rotatable bonds is 9. The first-order valence-electron chi connectivity index (χ1n) is 10.1. The van der Waals surface area contributed by atoms with E-state index >= 15 is 0 Å². The molecule has 0 aliphatic heterocycles. The largest absolute Gasteiger partial charge is 0.497 e. The molecule has 2 amide bonds. The van der Waals surface area contributed by atoms with E-state index in [4.69, 9.17) is 9.15 Å². The van der Waals surface area contributed by atoms with E-state index < -0.39 is 27.9 Å². The first-order valence-corrected chi connectivity index (χ1v) is 11.6.